The van der Waals surface area contributed by atoms with E-state index in [0.29, 0.717) is 17.5 Å². The van der Waals surface area contributed by atoms with E-state index in [0.717, 1.165) is 29.8 Å². The van der Waals surface area contributed by atoms with Crippen LogP contribution in [0.4, 0.5) is 10.9 Å². The molecule has 0 bridgehead atoms. The number of anilines is 2. The number of carbonyl (C=O) groups is 1. The molecule has 0 fully saturated rings. The van der Waals surface area contributed by atoms with Crippen LogP contribution in [0.2, 0.25) is 0 Å². The lowest BCUT2D eigenvalue weighted by molar-refractivity contribution is -0.115. The lowest BCUT2D eigenvalue weighted by Crippen LogP contribution is -2.28. The summed E-state index contributed by atoms with van der Waals surface area (Å²) in [5.41, 5.74) is 6.10. The standard InChI is InChI=1S/C18H20N6O2S/c19-17-23-22-16(27-17)8-4-5-11-24-14(9-10-20-18(24)26)21-15(25)12-13-6-2-1-3-7-13/h1-3,6-7,9-10H,4-5,8,11-12H2,(H2,19,23)(H,21,25). The highest BCUT2D eigenvalue weighted by Crippen LogP contribution is 2.14. The van der Waals surface area contributed by atoms with Crippen molar-refractivity contribution in [3.8, 4) is 0 Å². The van der Waals surface area contributed by atoms with Gasteiger partial charge in [0.25, 0.3) is 0 Å². The van der Waals surface area contributed by atoms with Gasteiger partial charge in [0.1, 0.15) is 10.8 Å². The number of nitrogens with two attached hydrogens (primary N) is 1. The highest BCUT2D eigenvalue weighted by atomic mass is 32.1. The number of nitrogens with one attached hydrogen (secondary N) is 1. The van der Waals surface area contributed by atoms with Crippen LogP contribution in [0.15, 0.2) is 47.4 Å². The average molecular weight is 384 g/mol. The number of benzene rings is 1. The molecule has 1 amide bonds. The molecule has 3 rings (SSSR count). The predicted octanol–water partition coefficient (Wildman–Crippen LogP) is 1.88. The third-order valence-electron chi connectivity index (χ3n) is 3.92. The molecule has 0 atom stereocenters. The number of unbranched alkanes of at least 4 members (excludes halogenated alkanes) is 1. The van der Waals surface area contributed by atoms with Crippen LogP contribution >= 0.6 is 11.3 Å². The molecule has 0 unspecified atom stereocenters. The number of aromatic nitrogens is 4. The van der Waals surface area contributed by atoms with Crippen molar-refractivity contribution in [2.45, 2.75) is 32.2 Å². The minimum Gasteiger partial charge on any atom is -0.374 e. The first kappa shape index (κ1) is 18.7. The monoisotopic (exact) mass is 384 g/mol. The fraction of sp³-hybridized carbons (Fsp3) is 0.278. The average Bonchev–Trinajstić information content (AvgIpc) is 3.06. The predicted molar refractivity (Wildman–Crippen MR) is 105 cm³/mol. The molecule has 0 aliphatic heterocycles. The first-order valence-electron chi connectivity index (χ1n) is 8.59. The molecular weight excluding hydrogens is 364 g/mol. The summed E-state index contributed by atoms with van der Waals surface area (Å²) in [7, 11) is 0. The molecule has 9 heteroatoms. The van der Waals surface area contributed by atoms with Crippen LogP contribution in [0.1, 0.15) is 23.4 Å². The molecule has 0 radical (unpaired) electrons. The molecule has 0 saturated heterocycles. The van der Waals surface area contributed by atoms with E-state index >= 15 is 0 Å². The Kier molecular flexibility index (Phi) is 6.26. The summed E-state index contributed by atoms with van der Waals surface area (Å²) in [5.74, 6) is 0.279. The number of rotatable bonds is 8. The number of carbonyl (C=O) groups excluding carboxylic acids is 1. The first-order chi connectivity index (χ1) is 13.1. The SMILES string of the molecule is Nc1nnc(CCCCn2c(NC(=O)Cc3ccccc3)ccnc2=O)s1. The molecule has 140 valence electrons. The van der Waals surface area contributed by atoms with Gasteiger partial charge in [-0.25, -0.2) is 9.78 Å². The van der Waals surface area contributed by atoms with Crippen molar-refractivity contribution in [3.63, 3.8) is 0 Å². The summed E-state index contributed by atoms with van der Waals surface area (Å²) in [6.45, 7) is 0.460. The van der Waals surface area contributed by atoms with Gasteiger partial charge in [0.05, 0.1) is 6.42 Å². The summed E-state index contributed by atoms with van der Waals surface area (Å²) >= 11 is 1.37. The number of aryl methyl sites for hydroxylation is 1. The Bertz CT molecular complexity index is 954. The Morgan fingerprint density at radius 3 is 2.70 bits per heavy atom. The number of hydrogen-bond acceptors (Lipinski definition) is 7. The molecule has 0 aliphatic carbocycles. The highest BCUT2D eigenvalue weighted by Gasteiger charge is 2.09. The minimum atomic E-state index is -0.382. The molecule has 2 heterocycles. The molecule has 8 nitrogen and oxygen atoms in total. The van der Waals surface area contributed by atoms with Crippen LogP contribution in [0.25, 0.3) is 0 Å². The smallest absolute Gasteiger partial charge is 0.349 e. The quantitative estimate of drug-likeness (QED) is 0.573. The van der Waals surface area contributed by atoms with Crippen LogP contribution in [-0.2, 0) is 24.2 Å². The van der Waals surface area contributed by atoms with Crippen molar-refractivity contribution in [2.75, 3.05) is 11.1 Å². The van der Waals surface area contributed by atoms with Gasteiger partial charge in [0.2, 0.25) is 11.0 Å². The Balaban J connectivity index is 1.58. The van der Waals surface area contributed by atoms with Crippen LogP contribution in [0, 0.1) is 0 Å². The number of nitrogen functional groups attached to an aromatic ring is 1. The second-order valence-corrected chi connectivity index (χ2v) is 7.06. The topological polar surface area (TPSA) is 116 Å². The van der Waals surface area contributed by atoms with Gasteiger partial charge in [-0.1, -0.05) is 41.7 Å². The second-order valence-electron chi connectivity index (χ2n) is 5.97. The van der Waals surface area contributed by atoms with Gasteiger partial charge < -0.3 is 11.1 Å². The third kappa shape index (κ3) is 5.45. The van der Waals surface area contributed by atoms with Gasteiger partial charge in [0, 0.05) is 19.2 Å². The maximum atomic E-state index is 12.3. The zero-order valence-electron chi connectivity index (χ0n) is 14.7. The number of nitrogens with zero attached hydrogens (tertiary/aromatic N) is 4. The van der Waals surface area contributed by atoms with Gasteiger partial charge in [-0.05, 0) is 24.5 Å². The highest BCUT2D eigenvalue weighted by molar-refractivity contribution is 7.15. The summed E-state index contributed by atoms with van der Waals surface area (Å²) in [6.07, 6.45) is 3.97. The summed E-state index contributed by atoms with van der Waals surface area (Å²) in [6, 6.07) is 11.1. The lowest BCUT2D eigenvalue weighted by Gasteiger charge is -2.12. The van der Waals surface area contributed by atoms with Gasteiger partial charge in [-0.3, -0.25) is 9.36 Å². The van der Waals surface area contributed by atoms with Crippen LogP contribution in [0.3, 0.4) is 0 Å². The molecule has 3 aromatic rings. The van der Waals surface area contributed by atoms with Crippen LogP contribution in [0.5, 0.6) is 0 Å². The zero-order valence-corrected chi connectivity index (χ0v) is 15.5. The first-order valence-corrected chi connectivity index (χ1v) is 9.41. The lowest BCUT2D eigenvalue weighted by atomic mass is 10.1. The van der Waals surface area contributed by atoms with E-state index in [2.05, 4.69) is 20.5 Å². The maximum absolute atomic E-state index is 12.3. The number of hydrogen-bond donors (Lipinski definition) is 2. The van der Waals surface area contributed by atoms with Crippen molar-refractivity contribution in [3.05, 3.63) is 63.7 Å². The molecular formula is C18H20N6O2S. The van der Waals surface area contributed by atoms with Crippen molar-refractivity contribution < 1.29 is 4.79 Å². The summed E-state index contributed by atoms with van der Waals surface area (Å²) in [5, 5.41) is 11.9. The van der Waals surface area contributed by atoms with Gasteiger partial charge in [0.15, 0.2) is 0 Å². The van der Waals surface area contributed by atoms with E-state index in [1.54, 1.807) is 6.07 Å². The molecule has 2 aromatic heterocycles. The van der Waals surface area contributed by atoms with Gasteiger partial charge >= 0.3 is 5.69 Å². The van der Waals surface area contributed by atoms with Crippen molar-refractivity contribution in [2.24, 2.45) is 0 Å². The van der Waals surface area contributed by atoms with E-state index in [9.17, 15) is 9.59 Å². The number of amides is 1. The maximum Gasteiger partial charge on any atom is 0.349 e. The Labute approximate surface area is 160 Å². The largest absolute Gasteiger partial charge is 0.374 e. The third-order valence-corrected chi connectivity index (χ3v) is 4.73. The van der Waals surface area contributed by atoms with E-state index in [4.69, 9.17) is 5.73 Å². The van der Waals surface area contributed by atoms with E-state index in [1.165, 1.54) is 22.1 Å². The molecule has 0 saturated carbocycles. The van der Waals surface area contributed by atoms with Crippen LogP contribution < -0.4 is 16.7 Å². The molecule has 27 heavy (non-hydrogen) atoms. The zero-order chi connectivity index (χ0) is 19.1. The second kappa shape index (κ2) is 9.04. The fourth-order valence-electron chi connectivity index (χ4n) is 2.64. The molecule has 0 spiro atoms. The van der Waals surface area contributed by atoms with E-state index in [-0.39, 0.29) is 18.0 Å². The Morgan fingerprint density at radius 2 is 1.96 bits per heavy atom. The Hall–Kier alpha value is -3.07. The van der Waals surface area contributed by atoms with E-state index in [1.807, 2.05) is 30.3 Å². The van der Waals surface area contributed by atoms with Crippen molar-refractivity contribution in [1.29, 1.82) is 0 Å². The van der Waals surface area contributed by atoms with Gasteiger partial charge in [-0.2, -0.15) is 0 Å². The van der Waals surface area contributed by atoms with Crippen LogP contribution in [-0.4, -0.2) is 25.7 Å². The summed E-state index contributed by atoms with van der Waals surface area (Å²) < 4.78 is 1.48. The normalized spacial score (nSPS) is 10.7. The summed E-state index contributed by atoms with van der Waals surface area (Å²) in [4.78, 5) is 28.2. The van der Waals surface area contributed by atoms with Gasteiger partial charge in [-0.15, -0.1) is 10.2 Å². The molecule has 1 aromatic carbocycles. The molecule has 0 aliphatic rings. The van der Waals surface area contributed by atoms with Crippen molar-refractivity contribution in [1.82, 2.24) is 19.7 Å². The Morgan fingerprint density at radius 1 is 1.15 bits per heavy atom. The fourth-order valence-corrected chi connectivity index (χ4v) is 3.29. The van der Waals surface area contributed by atoms with E-state index < -0.39 is 0 Å². The molecule has 3 N–H and O–H groups in total. The van der Waals surface area contributed by atoms with Crippen molar-refractivity contribution >= 4 is 28.2 Å². The minimum absolute atomic E-state index is 0.176.